The third-order valence-electron chi connectivity index (χ3n) is 6.20. The van der Waals surface area contributed by atoms with E-state index in [4.69, 9.17) is 0 Å². The van der Waals surface area contributed by atoms with Gasteiger partial charge in [0, 0.05) is 37.8 Å². The van der Waals surface area contributed by atoms with Gasteiger partial charge in [-0.15, -0.1) is 24.0 Å². The molecule has 0 aromatic heterocycles. The van der Waals surface area contributed by atoms with Crippen molar-refractivity contribution < 1.29 is 9.50 Å². The van der Waals surface area contributed by atoms with E-state index in [-0.39, 0.29) is 30.5 Å². The van der Waals surface area contributed by atoms with E-state index < -0.39 is 11.9 Å². The number of hydrogen-bond donors (Lipinski definition) is 3. The number of aliphatic hydroxyl groups excluding tert-OH is 1. The zero-order chi connectivity index (χ0) is 20.5. The van der Waals surface area contributed by atoms with Gasteiger partial charge in [0.2, 0.25) is 0 Å². The summed E-state index contributed by atoms with van der Waals surface area (Å²) >= 11 is 0. The van der Waals surface area contributed by atoms with Crippen LogP contribution in [0.3, 0.4) is 0 Å². The van der Waals surface area contributed by atoms with Gasteiger partial charge in [-0.1, -0.05) is 37.5 Å². The van der Waals surface area contributed by atoms with Gasteiger partial charge in [-0.2, -0.15) is 0 Å². The molecule has 3 rings (SSSR count). The fourth-order valence-corrected chi connectivity index (χ4v) is 4.53. The molecule has 1 aliphatic carbocycles. The Morgan fingerprint density at radius 1 is 1.17 bits per heavy atom. The molecule has 1 aliphatic heterocycles. The number of aliphatic imine (C=N–C) groups is 1. The predicted octanol–water partition coefficient (Wildman–Crippen LogP) is 4.08. The van der Waals surface area contributed by atoms with Crippen LogP contribution in [0, 0.1) is 11.7 Å². The maximum atomic E-state index is 13.8. The van der Waals surface area contributed by atoms with E-state index in [2.05, 4.69) is 20.5 Å². The number of benzene rings is 1. The summed E-state index contributed by atoms with van der Waals surface area (Å²) in [6.45, 7) is 6.43. The second-order valence-corrected chi connectivity index (χ2v) is 8.48. The highest BCUT2D eigenvalue weighted by Gasteiger charge is 2.23. The van der Waals surface area contributed by atoms with Crippen molar-refractivity contribution in [2.24, 2.45) is 10.9 Å². The number of rotatable bonds is 7. The van der Waals surface area contributed by atoms with E-state index in [1.807, 2.05) is 6.92 Å². The Morgan fingerprint density at radius 3 is 2.53 bits per heavy atom. The van der Waals surface area contributed by atoms with Crippen LogP contribution in [0.25, 0.3) is 0 Å². The molecular formula is C23H38FIN4O. The smallest absolute Gasteiger partial charge is 0.191 e. The van der Waals surface area contributed by atoms with Gasteiger partial charge in [0.25, 0.3) is 0 Å². The van der Waals surface area contributed by atoms with Crippen LogP contribution >= 0.6 is 24.0 Å². The second kappa shape index (κ2) is 13.5. The van der Waals surface area contributed by atoms with E-state index in [1.54, 1.807) is 18.2 Å². The molecular weight excluding hydrogens is 494 g/mol. The minimum atomic E-state index is -0.941. The van der Waals surface area contributed by atoms with Crippen molar-refractivity contribution >= 4 is 29.9 Å². The normalized spacial score (nSPS) is 20.4. The van der Waals surface area contributed by atoms with E-state index in [9.17, 15) is 9.50 Å². The first-order chi connectivity index (χ1) is 14.2. The van der Waals surface area contributed by atoms with Crippen molar-refractivity contribution in [2.75, 3.05) is 32.7 Å². The molecule has 1 heterocycles. The summed E-state index contributed by atoms with van der Waals surface area (Å²) < 4.78 is 13.8. The maximum absolute atomic E-state index is 13.8. The van der Waals surface area contributed by atoms with Crippen LogP contribution in [0.4, 0.5) is 4.39 Å². The Kier molecular flexibility index (Phi) is 11.4. The number of likely N-dealkylation sites (tertiary alicyclic amines) is 1. The van der Waals surface area contributed by atoms with Crippen LogP contribution in [0.15, 0.2) is 29.3 Å². The van der Waals surface area contributed by atoms with Crippen molar-refractivity contribution in [3.05, 3.63) is 35.6 Å². The van der Waals surface area contributed by atoms with Crippen LogP contribution in [0.1, 0.15) is 63.5 Å². The topological polar surface area (TPSA) is 59.9 Å². The Morgan fingerprint density at radius 2 is 1.87 bits per heavy atom. The minimum Gasteiger partial charge on any atom is -0.386 e. The van der Waals surface area contributed by atoms with Crippen molar-refractivity contribution in [1.82, 2.24) is 15.5 Å². The molecule has 7 heteroatoms. The summed E-state index contributed by atoms with van der Waals surface area (Å²) in [6.07, 6.45) is 8.30. The molecule has 0 spiro atoms. The summed E-state index contributed by atoms with van der Waals surface area (Å²) in [4.78, 5) is 7.13. The first kappa shape index (κ1) is 25.3. The molecule has 1 aromatic rings. The highest BCUT2D eigenvalue weighted by atomic mass is 127. The molecule has 2 fully saturated rings. The molecule has 0 amide bonds. The van der Waals surface area contributed by atoms with Crippen molar-refractivity contribution in [1.29, 1.82) is 0 Å². The molecule has 170 valence electrons. The van der Waals surface area contributed by atoms with Crippen molar-refractivity contribution in [3.8, 4) is 0 Å². The minimum absolute atomic E-state index is 0. The number of aliphatic hydroxyl groups is 1. The lowest BCUT2D eigenvalue weighted by molar-refractivity contribution is 0.160. The van der Waals surface area contributed by atoms with Gasteiger partial charge in [0.1, 0.15) is 11.9 Å². The largest absolute Gasteiger partial charge is 0.386 e. The van der Waals surface area contributed by atoms with Crippen LogP contribution in [-0.4, -0.2) is 54.7 Å². The van der Waals surface area contributed by atoms with Crippen molar-refractivity contribution in [2.45, 2.75) is 64.0 Å². The zero-order valence-electron chi connectivity index (χ0n) is 18.2. The van der Waals surface area contributed by atoms with E-state index in [1.165, 1.54) is 44.7 Å². The fraction of sp³-hybridized carbons (Fsp3) is 0.696. The van der Waals surface area contributed by atoms with E-state index >= 15 is 0 Å². The SMILES string of the molecule is CCNC(=NCC(O)c1ccccc1F)NC1CCN(CC2CCCCC2)CC1.I. The molecule has 3 N–H and O–H groups in total. The van der Waals surface area contributed by atoms with Crippen LogP contribution in [0.2, 0.25) is 0 Å². The summed E-state index contributed by atoms with van der Waals surface area (Å²) in [7, 11) is 0. The van der Waals surface area contributed by atoms with Gasteiger partial charge < -0.3 is 20.6 Å². The van der Waals surface area contributed by atoms with Crippen molar-refractivity contribution in [3.63, 3.8) is 0 Å². The number of halogens is 2. The Bertz CT molecular complexity index is 646. The highest BCUT2D eigenvalue weighted by Crippen LogP contribution is 2.25. The van der Waals surface area contributed by atoms with Gasteiger partial charge >= 0.3 is 0 Å². The molecule has 1 atom stereocenters. The number of nitrogens with one attached hydrogen (secondary N) is 2. The molecule has 1 unspecified atom stereocenters. The number of nitrogens with zero attached hydrogens (tertiary/aromatic N) is 2. The molecule has 2 aliphatic rings. The van der Waals surface area contributed by atoms with Gasteiger partial charge in [-0.25, -0.2) is 4.39 Å². The molecule has 1 aromatic carbocycles. The number of guanidine groups is 1. The predicted molar refractivity (Wildman–Crippen MR) is 132 cm³/mol. The Balaban J connectivity index is 0.00000320. The molecule has 5 nitrogen and oxygen atoms in total. The summed E-state index contributed by atoms with van der Waals surface area (Å²) in [5.74, 6) is 1.21. The Hall–Kier alpha value is -0.930. The fourth-order valence-electron chi connectivity index (χ4n) is 4.53. The second-order valence-electron chi connectivity index (χ2n) is 8.48. The first-order valence-electron chi connectivity index (χ1n) is 11.4. The average molecular weight is 532 g/mol. The van der Waals surface area contributed by atoms with E-state index in [0.717, 1.165) is 38.4 Å². The molecule has 0 radical (unpaired) electrons. The van der Waals surface area contributed by atoms with Gasteiger partial charge in [0.15, 0.2) is 5.96 Å². The number of hydrogen-bond acceptors (Lipinski definition) is 3. The summed E-state index contributed by atoms with van der Waals surface area (Å²) in [5.41, 5.74) is 0.295. The molecule has 1 saturated heterocycles. The van der Waals surface area contributed by atoms with Crippen LogP contribution in [0.5, 0.6) is 0 Å². The average Bonchev–Trinajstić information content (AvgIpc) is 2.74. The maximum Gasteiger partial charge on any atom is 0.191 e. The summed E-state index contributed by atoms with van der Waals surface area (Å²) in [5, 5.41) is 17.1. The van der Waals surface area contributed by atoms with Gasteiger partial charge in [0.05, 0.1) is 6.54 Å². The van der Waals surface area contributed by atoms with E-state index in [0.29, 0.717) is 17.6 Å². The van der Waals surface area contributed by atoms with Gasteiger partial charge in [-0.05, 0) is 44.6 Å². The quantitative estimate of drug-likeness (QED) is 0.282. The monoisotopic (exact) mass is 532 g/mol. The highest BCUT2D eigenvalue weighted by molar-refractivity contribution is 14.0. The Labute approximate surface area is 197 Å². The van der Waals surface area contributed by atoms with Crippen LogP contribution < -0.4 is 10.6 Å². The van der Waals surface area contributed by atoms with Crippen LogP contribution in [-0.2, 0) is 0 Å². The molecule has 30 heavy (non-hydrogen) atoms. The zero-order valence-corrected chi connectivity index (χ0v) is 20.5. The number of piperidine rings is 1. The lowest BCUT2D eigenvalue weighted by Gasteiger charge is -2.36. The lowest BCUT2D eigenvalue weighted by Crippen LogP contribution is -2.49. The standard InChI is InChI=1S/C23H37FN4O.HI/c1-2-25-23(26-16-22(29)20-10-6-7-11-21(20)24)27-19-12-14-28(15-13-19)17-18-8-4-3-5-9-18;/h6-7,10-11,18-19,22,29H,2-5,8-9,12-17H2,1H3,(H2,25,26,27);1H. The molecule has 0 bridgehead atoms. The third kappa shape index (κ3) is 7.96. The van der Waals surface area contributed by atoms with Gasteiger partial charge in [-0.3, -0.25) is 4.99 Å². The molecule has 1 saturated carbocycles. The summed E-state index contributed by atoms with van der Waals surface area (Å²) in [6, 6.07) is 6.72. The first-order valence-corrected chi connectivity index (χ1v) is 11.4. The third-order valence-corrected chi connectivity index (χ3v) is 6.20. The lowest BCUT2D eigenvalue weighted by atomic mass is 9.88.